The normalized spacial score (nSPS) is 12.0. The molecule has 7 nitrogen and oxygen atoms in total. The Hall–Kier alpha value is -3.79. The van der Waals surface area contributed by atoms with E-state index in [9.17, 15) is 17.6 Å². The fourth-order valence-electron chi connectivity index (χ4n) is 4.44. The van der Waals surface area contributed by atoms with E-state index in [0.717, 1.165) is 33.0 Å². The first-order chi connectivity index (χ1) is 19.4. The van der Waals surface area contributed by atoms with Crippen LogP contribution in [0.2, 0.25) is 0 Å². The van der Waals surface area contributed by atoms with Gasteiger partial charge in [-0.15, -0.1) is 0 Å². The number of carbonyl (C=O) groups is 1. The number of rotatable bonds is 14. The minimum absolute atomic E-state index is 0.133. The number of methoxy groups -OCH3 is 1. The van der Waals surface area contributed by atoms with Gasteiger partial charge < -0.3 is 14.6 Å². The maximum Gasteiger partial charge on any atom is 0.238 e. The standard InChI is InChI=1S/C31H34FN3O4S/c1-39-20-7-18-35(40(37,38)21-17-25-8-3-2-4-9-25)24-31(36)34(23-26-12-14-28(32)15-13-26)19-16-27-22-33-30-11-6-5-10-29(27)30/h2-6,8-15,17,21-22,33H,7,16,18-20,23-24H2,1H3. The molecule has 0 fully saturated rings. The number of nitrogens with zero attached hydrogens (tertiary/aromatic N) is 2. The van der Waals surface area contributed by atoms with Crippen molar-refractivity contribution in [2.75, 3.05) is 33.4 Å². The maximum absolute atomic E-state index is 13.7. The number of nitrogens with one attached hydrogen (secondary N) is 1. The highest BCUT2D eigenvalue weighted by molar-refractivity contribution is 7.92. The molecular weight excluding hydrogens is 529 g/mol. The van der Waals surface area contributed by atoms with Gasteiger partial charge in [0.15, 0.2) is 0 Å². The van der Waals surface area contributed by atoms with Crippen molar-refractivity contribution in [2.24, 2.45) is 0 Å². The van der Waals surface area contributed by atoms with Crippen molar-refractivity contribution in [3.63, 3.8) is 0 Å². The lowest BCUT2D eigenvalue weighted by atomic mass is 10.1. The molecule has 0 unspecified atom stereocenters. The largest absolute Gasteiger partial charge is 0.385 e. The average molecular weight is 564 g/mol. The molecule has 9 heteroatoms. The molecule has 0 aliphatic rings. The van der Waals surface area contributed by atoms with Crippen LogP contribution in [0, 0.1) is 5.82 Å². The summed E-state index contributed by atoms with van der Waals surface area (Å²) in [6, 6.07) is 23.0. The van der Waals surface area contributed by atoms with Crippen LogP contribution in [0.5, 0.6) is 0 Å². The molecule has 1 heterocycles. The lowest BCUT2D eigenvalue weighted by molar-refractivity contribution is -0.132. The van der Waals surface area contributed by atoms with Crippen LogP contribution in [-0.4, -0.2) is 61.9 Å². The van der Waals surface area contributed by atoms with Crippen LogP contribution in [0.4, 0.5) is 4.39 Å². The molecule has 0 spiro atoms. The first-order valence-corrected chi connectivity index (χ1v) is 14.7. The summed E-state index contributed by atoms with van der Waals surface area (Å²) in [5.41, 5.74) is 3.56. The Balaban J connectivity index is 1.55. The van der Waals surface area contributed by atoms with Crippen LogP contribution in [0.25, 0.3) is 17.0 Å². The predicted octanol–water partition coefficient (Wildman–Crippen LogP) is 5.22. The molecule has 1 amide bonds. The van der Waals surface area contributed by atoms with Crippen molar-refractivity contribution in [1.29, 1.82) is 0 Å². The number of fused-ring (bicyclic) bond motifs is 1. The number of sulfonamides is 1. The minimum atomic E-state index is -3.90. The summed E-state index contributed by atoms with van der Waals surface area (Å²) in [7, 11) is -2.35. The lowest BCUT2D eigenvalue weighted by Gasteiger charge is -2.27. The molecule has 4 aromatic rings. The molecule has 40 heavy (non-hydrogen) atoms. The van der Waals surface area contributed by atoms with E-state index in [0.29, 0.717) is 26.0 Å². The number of hydrogen-bond donors (Lipinski definition) is 1. The summed E-state index contributed by atoms with van der Waals surface area (Å²) < 4.78 is 46.5. The number of hydrogen-bond acceptors (Lipinski definition) is 4. The Morgan fingerprint density at radius 1 is 0.975 bits per heavy atom. The van der Waals surface area contributed by atoms with Crippen molar-refractivity contribution in [3.05, 3.63) is 113 Å². The maximum atomic E-state index is 13.7. The zero-order valence-electron chi connectivity index (χ0n) is 22.5. The van der Waals surface area contributed by atoms with Gasteiger partial charge in [0.05, 0.1) is 6.54 Å². The van der Waals surface area contributed by atoms with Crippen molar-refractivity contribution < 1.29 is 22.3 Å². The van der Waals surface area contributed by atoms with E-state index in [1.165, 1.54) is 22.5 Å². The van der Waals surface area contributed by atoms with Crippen molar-refractivity contribution in [1.82, 2.24) is 14.2 Å². The van der Waals surface area contributed by atoms with Crippen LogP contribution in [0.15, 0.2) is 90.5 Å². The molecule has 4 rings (SSSR count). The smallest absolute Gasteiger partial charge is 0.238 e. The number of benzene rings is 3. The molecule has 1 N–H and O–H groups in total. The second-order valence-electron chi connectivity index (χ2n) is 9.49. The highest BCUT2D eigenvalue weighted by atomic mass is 32.2. The average Bonchev–Trinajstić information content (AvgIpc) is 3.38. The third-order valence-electron chi connectivity index (χ3n) is 6.62. The SMILES string of the molecule is COCCCN(CC(=O)N(CCc1c[nH]c2ccccc12)Cc1ccc(F)cc1)S(=O)(=O)C=Cc1ccccc1. The second kappa shape index (κ2) is 14.0. The van der Waals surface area contributed by atoms with Gasteiger partial charge in [0, 0.05) is 55.9 Å². The van der Waals surface area contributed by atoms with Gasteiger partial charge in [0.1, 0.15) is 5.82 Å². The van der Waals surface area contributed by atoms with Crippen LogP contribution in [0.1, 0.15) is 23.1 Å². The number of amides is 1. The van der Waals surface area contributed by atoms with Gasteiger partial charge in [-0.2, -0.15) is 4.31 Å². The Kier molecular flexibility index (Phi) is 10.2. The van der Waals surface area contributed by atoms with Crippen molar-refractivity contribution in [2.45, 2.75) is 19.4 Å². The molecule has 1 aromatic heterocycles. The van der Waals surface area contributed by atoms with Crippen LogP contribution in [-0.2, 0) is 32.5 Å². The Bertz CT molecular complexity index is 1520. The van der Waals surface area contributed by atoms with E-state index in [-0.39, 0.29) is 31.4 Å². The molecule has 3 aromatic carbocycles. The first kappa shape index (κ1) is 29.2. The fraction of sp³-hybridized carbons (Fsp3) is 0.258. The van der Waals surface area contributed by atoms with Gasteiger partial charge in [-0.1, -0.05) is 60.7 Å². The van der Waals surface area contributed by atoms with Crippen LogP contribution < -0.4 is 0 Å². The van der Waals surface area contributed by atoms with Gasteiger partial charge in [-0.25, -0.2) is 12.8 Å². The van der Waals surface area contributed by atoms with Gasteiger partial charge in [0.25, 0.3) is 0 Å². The third kappa shape index (κ3) is 8.11. The number of aromatic amines is 1. The fourth-order valence-corrected chi connectivity index (χ4v) is 5.62. The summed E-state index contributed by atoms with van der Waals surface area (Å²) in [4.78, 5) is 18.6. The molecule has 0 atom stereocenters. The molecule has 210 valence electrons. The van der Waals surface area contributed by atoms with E-state index in [2.05, 4.69) is 4.98 Å². The topological polar surface area (TPSA) is 82.7 Å². The van der Waals surface area contributed by atoms with Gasteiger partial charge in [-0.05, 0) is 53.8 Å². The van der Waals surface area contributed by atoms with Gasteiger partial charge in [-0.3, -0.25) is 4.79 Å². The predicted molar refractivity (Wildman–Crippen MR) is 156 cm³/mol. The number of H-pyrrole nitrogens is 1. The zero-order chi connectivity index (χ0) is 28.4. The van der Waals surface area contributed by atoms with E-state index in [1.807, 2.05) is 60.8 Å². The minimum Gasteiger partial charge on any atom is -0.385 e. The molecule has 0 aliphatic carbocycles. The number of halogens is 1. The lowest BCUT2D eigenvalue weighted by Crippen LogP contribution is -2.43. The van der Waals surface area contributed by atoms with Crippen molar-refractivity contribution >= 4 is 32.9 Å². The van der Waals surface area contributed by atoms with E-state index < -0.39 is 10.0 Å². The number of aromatic nitrogens is 1. The number of para-hydroxylation sites is 1. The highest BCUT2D eigenvalue weighted by Gasteiger charge is 2.25. The summed E-state index contributed by atoms with van der Waals surface area (Å²) >= 11 is 0. The summed E-state index contributed by atoms with van der Waals surface area (Å²) in [6.07, 6.45) is 4.47. The number of carbonyl (C=O) groups excluding carboxylic acids is 1. The summed E-state index contributed by atoms with van der Waals surface area (Å²) in [5.74, 6) is -0.695. The van der Waals surface area contributed by atoms with E-state index in [4.69, 9.17) is 4.74 Å². The summed E-state index contributed by atoms with van der Waals surface area (Å²) in [5, 5.41) is 2.21. The Morgan fingerprint density at radius 3 is 2.45 bits per heavy atom. The molecular formula is C31H34FN3O4S. The van der Waals surface area contributed by atoms with Crippen LogP contribution >= 0.6 is 0 Å². The summed E-state index contributed by atoms with van der Waals surface area (Å²) in [6.45, 7) is 0.772. The van der Waals surface area contributed by atoms with Crippen LogP contribution in [0.3, 0.4) is 0 Å². The Labute approximate surface area is 234 Å². The van der Waals surface area contributed by atoms with E-state index >= 15 is 0 Å². The molecule has 0 saturated carbocycles. The van der Waals surface area contributed by atoms with Gasteiger partial charge >= 0.3 is 0 Å². The second-order valence-corrected chi connectivity index (χ2v) is 11.3. The molecule has 0 aliphatic heterocycles. The quantitative estimate of drug-likeness (QED) is 0.213. The van der Waals surface area contributed by atoms with Gasteiger partial charge in [0.2, 0.25) is 15.9 Å². The molecule has 0 radical (unpaired) electrons. The first-order valence-electron chi connectivity index (χ1n) is 13.1. The third-order valence-corrected chi connectivity index (χ3v) is 8.14. The Morgan fingerprint density at radius 2 is 1.70 bits per heavy atom. The van der Waals surface area contributed by atoms with Crippen molar-refractivity contribution in [3.8, 4) is 0 Å². The van der Waals surface area contributed by atoms with E-state index in [1.54, 1.807) is 24.1 Å². The molecule has 0 saturated heterocycles. The zero-order valence-corrected chi connectivity index (χ0v) is 23.3. The highest BCUT2D eigenvalue weighted by Crippen LogP contribution is 2.19. The molecule has 0 bridgehead atoms. The number of ether oxygens (including phenoxy) is 1. The monoisotopic (exact) mass is 563 g/mol.